The predicted octanol–water partition coefficient (Wildman–Crippen LogP) is 4.08. The molecule has 1 N–H and O–H groups in total. The van der Waals surface area contributed by atoms with E-state index in [4.69, 9.17) is 0 Å². The summed E-state index contributed by atoms with van der Waals surface area (Å²) < 4.78 is 0. The molecule has 0 aliphatic rings. The zero-order chi connectivity index (χ0) is 11.6. The lowest BCUT2D eigenvalue weighted by molar-refractivity contribution is 0.674. The molecule has 0 atom stereocenters. The number of hydrogen-bond acceptors (Lipinski definition) is 2. The molecule has 1 aromatic rings. The summed E-state index contributed by atoms with van der Waals surface area (Å²) in [5.74, 6) is 1.24. The second-order valence-corrected chi connectivity index (χ2v) is 5.19. The van der Waals surface area contributed by atoms with Gasteiger partial charge in [0.15, 0.2) is 0 Å². The summed E-state index contributed by atoms with van der Waals surface area (Å²) >= 11 is 1.97. The van der Waals surface area contributed by atoms with E-state index < -0.39 is 0 Å². The lowest BCUT2D eigenvalue weighted by Gasteiger charge is -2.06. The molecule has 2 heteroatoms. The van der Waals surface area contributed by atoms with Gasteiger partial charge in [-0.15, -0.1) is 11.8 Å². The Balaban J connectivity index is 2.37. The molecule has 90 valence electrons. The van der Waals surface area contributed by atoms with Crippen LogP contribution < -0.4 is 5.32 Å². The second-order valence-electron chi connectivity index (χ2n) is 4.03. The van der Waals surface area contributed by atoms with Gasteiger partial charge in [-0.05, 0) is 42.8 Å². The molecule has 0 saturated heterocycles. The van der Waals surface area contributed by atoms with Gasteiger partial charge in [-0.1, -0.05) is 32.4 Å². The zero-order valence-corrected chi connectivity index (χ0v) is 11.3. The summed E-state index contributed by atoms with van der Waals surface area (Å²) in [6.45, 7) is 6.54. The van der Waals surface area contributed by atoms with Gasteiger partial charge in [0.25, 0.3) is 0 Å². The molecule has 0 heterocycles. The first-order valence-electron chi connectivity index (χ1n) is 6.29. The summed E-state index contributed by atoms with van der Waals surface area (Å²) in [6, 6.07) is 8.89. The monoisotopic (exact) mass is 237 g/mol. The topological polar surface area (TPSA) is 12.0 Å². The first kappa shape index (κ1) is 13.6. The van der Waals surface area contributed by atoms with Crippen LogP contribution in [0.4, 0.5) is 0 Å². The molecule has 0 aliphatic carbocycles. The van der Waals surface area contributed by atoms with Gasteiger partial charge >= 0.3 is 0 Å². The minimum atomic E-state index is 0.996. The van der Waals surface area contributed by atoms with Gasteiger partial charge in [0, 0.05) is 11.4 Å². The van der Waals surface area contributed by atoms with Crippen LogP contribution in [0.25, 0.3) is 0 Å². The number of rotatable bonds is 8. The first-order valence-corrected chi connectivity index (χ1v) is 7.27. The highest BCUT2D eigenvalue weighted by molar-refractivity contribution is 7.99. The van der Waals surface area contributed by atoms with E-state index in [0.29, 0.717) is 0 Å². The van der Waals surface area contributed by atoms with Crippen molar-refractivity contribution < 1.29 is 0 Å². The third-order valence-electron chi connectivity index (χ3n) is 2.42. The SMILES string of the molecule is CCCCSc1cccc(CNCCC)c1. The predicted molar refractivity (Wildman–Crippen MR) is 74.1 cm³/mol. The van der Waals surface area contributed by atoms with Gasteiger partial charge in [-0.2, -0.15) is 0 Å². The van der Waals surface area contributed by atoms with Crippen LogP contribution in [0, 0.1) is 0 Å². The van der Waals surface area contributed by atoms with Crippen LogP contribution in [0.3, 0.4) is 0 Å². The van der Waals surface area contributed by atoms with Gasteiger partial charge in [-0.25, -0.2) is 0 Å². The van der Waals surface area contributed by atoms with Gasteiger partial charge in [0.1, 0.15) is 0 Å². The smallest absolute Gasteiger partial charge is 0.0205 e. The molecule has 0 bridgehead atoms. The molecule has 0 amide bonds. The Kier molecular flexibility index (Phi) is 7.35. The molecule has 1 nitrogen and oxygen atoms in total. The van der Waals surface area contributed by atoms with Crippen LogP contribution in [0.2, 0.25) is 0 Å². The molecule has 0 aromatic heterocycles. The highest BCUT2D eigenvalue weighted by Gasteiger charge is 1.96. The number of unbranched alkanes of at least 4 members (excludes halogenated alkanes) is 1. The van der Waals surface area contributed by atoms with E-state index in [1.165, 1.54) is 35.5 Å². The Labute approximate surface area is 104 Å². The third-order valence-corrected chi connectivity index (χ3v) is 3.50. The number of nitrogens with one attached hydrogen (secondary N) is 1. The van der Waals surface area contributed by atoms with Crippen LogP contribution >= 0.6 is 11.8 Å². The Bertz CT molecular complexity index is 261. The highest BCUT2D eigenvalue weighted by atomic mass is 32.2. The second kappa shape index (κ2) is 8.66. The normalized spacial score (nSPS) is 10.6. The van der Waals surface area contributed by atoms with Gasteiger partial charge in [-0.3, -0.25) is 0 Å². The van der Waals surface area contributed by atoms with Crippen LogP contribution in [0.1, 0.15) is 38.7 Å². The Hall–Kier alpha value is -0.470. The van der Waals surface area contributed by atoms with E-state index in [1.807, 2.05) is 11.8 Å². The lowest BCUT2D eigenvalue weighted by atomic mass is 10.2. The van der Waals surface area contributed by atoms with Crippen molar-refractivity contribution in [2.45, 2.75) is 44.6 Å². The Morgan fingerprint density at radius 1 is 1.19 bits per heavy atom. The lowest BCUT2D eigenvalue weighted by Crippen LogP contribution is -2.13. The minimum absolute atomic E-state index is 0.996. The standard InChI is InChI=1S/C14H23NS/c1-3-5-10-16-14-8-6-7-13(11-14)12-15-9-4-2/h6-8,11,15H,3-5,9-10,12H2,1-2H3. The molecule has 0 fully saturated rings. The van der Waals surface area contributed by atoms with Crippen molar-refractivity contribution in [3.63, 3.8) is 0 Å². The summed E-state index contributed by atoms with van der Waals surface area (Å²) in [5.41, 5.74) is 1.40. The van der Waals surface area contributed by atoms with Crippen molar-refractivity contribution in [2.24, 2.45) is 0 Å². The third kappa shape index (κ3) is 5.57. The summed E-state index contributed by atoms with van der Waals surface area (Å²) in [6.07, 6.45) is 3.79. The average Bonchev–Trinajstić information content (AvgIpc) is 2.30. The molecule has 1 rings (SSSR count). The van der Waals surface area contributed by atoms with Crippen LogP contribution in [0.5, 0.6) is 0 Å². The van der Waals surface area contributed by atoms with Crippen LogP contribution in [-0.2, 0) is 6.54 Å². The molecule has 0 aliphatic heterocycles. The van der Waals surface area contributed by atoms with Crippen LogP contribution in [-0.4, -0.2) is 12.3 Å². The molecule has 16 heavy (non-hydrogen) atoms. The van der Waals surface area contributed by atoms with E-state index in [1.54, 1.807) is 0 Å². The van der Waals surface area contributed by atoms with E-state index in [-0.39, 0.29) is 0 Å². The van der Waals surface area contributed by atoms with Crippen molar-refractivity contribution >= 4 is 11.8 Å². The molecule has 0 unspecified atom stereocenters. The summed E-state index contributed by atoms with van der Waals surface area (Å²) in [4.78, 5) is 1.41. The first-order chi connectivity index (χ1) is 7.86. The highest BCUT2D eigenvalue weighted by Crippen LogP contribution is 2.20. The molecular formula is C14H23NS. The maximum Gasteiger partial charge on any atom is 0.0205 e. The Morgan fingerprint density at radius 2 is 2.06 bits per heavy atom. The van der Waals surface area contributed by atoms with Crippen molar-refractivity contribution in [3.8, 4) is 0 Å². The van der Waals surface area contributed by atoms with E-state index in [9.17, 15) is 0 Å². The molecular weight excluding hydrogens is 214 g/mol. The zero-order valence-electron chi connectivity index (χ0n) is 10.5. The molecule has 1 aromatic carbocycles. The van der Waals surface area contributed by atoms with E-state index in [2.05, 4.69) is 43.4 Å². The number of benzene rings is 1. The van der Waals surface area contributed by atoms with Crippen molar-refractivity contribution in [1.29, 1.82) is 0 Å². The van der Waals surface area contributed by atoms with Gasteiger partial charge in [0.05, 0.1) is 0 Å². The molecule has 0 spiro atoms. The molecule has 0 saturated carbocycles. The molecule has 0 radical (unpaired) electrons. The average molecular weight is 237 g/mol. The summed E-state index contributed by atoms with van der Waals surface area (Å²) in [5, 5.41) is 3.44. The number of thioether (sulfide) groups is 1. The summed E-state index contributed by atoms with van der Waals surface area (Å²) in [7, 11) is 0. The van der Waals surface area contributed by atoms with Crippen molar-refractivity contribution in [2.75, 3.05) is 12.3 Å². The minimum Gasteiger partial charge on any atom is -0.313 e. The fraction of sp³-hybridized carbons (Fsp3) is 0.571. The fourth-order valence-corrected chi connectivity index (χ4v) is 2.57. The van der Waals surface area contributed by atoms with E-state index in [0.717, 1.165) is 13.1 Å². The number of hydrogen-bond donors (Lipinski definition) is 1. The quantitative estimate of drug-likeness (QED) is 0.540. The maximum atomic E-state index is 3.44. The Morgan fingerprint density at radius 3 is 2.81 bits per heavy atom. The van der Waals surface area contributed by atoms with Crippen LogP contribution in [0.15, 0.2) is 29.2 Å². The van der Waals surface area contributed by atoms with Crippen molar-refractivity contribution in [3.05, 3.63) is 29.8 Å². The van der Waals surface area contributed by atoms with Gasteiger partial charge < -0.3 is 5.32 Å². The fourth-order valence-electron chi connectivity index (χ4n) is 1.49. The largest absolute Gasteiger partial charge is 0.313 e. The van der Waals surface area contributed by atoms with Crippen molar-refractivity contribution in [1.82, 2.24) is 5.32 Å². The maximum absolute atomic E-state index is 3.44. The van der Waals surface area contributed by atoms with E-state index >= 15 is 0 Å². The van der Waals surface area contributed by atoms with Gasteiger partial charge in [0.2, 0.25) is 0 Å².